The molecule has 0 unspecified atom stereocenters. The third-order valence-electron chi connectivity index (χ3n) is 4.06. The van der Waals surface area contributed by atoms with Gasteiger partial charge in [-0.3, -0.25) is 4.79 Å². The van der Waals surface area contributed by atoms with Crippen molar-refractivity contribution in [3.63, 3.8) is 0 Å². The molecule has 19 heavy (non-hydrogen) atoms. The molecule has 1 fully saturated rings. The summed E-state index contributed by atoms with van der Waals surface area (Å²) in [5, 5.41) is 4.06. The molecule has 2 rings (SSSR count). The van der Waals surface area contributed by atoms with Gasteiger partial charge < -0.3 is 14.2 Å². The molecule has 1 aromatic rings. The second kappa shape index (κ2) is 5.28. The van der Waals surface area contributed by atoms with Gasteiger partial charge in [-0.1, -0.05) is 19.0 Å². The minimum absolute atomic E-state index is 0.0874. The topological polar surface area (TPSA) is 68.5 Å². The Labute approximate surface area is 113 Å². The number of methoxy groups -OCH3 is 1. The average molecular weight is 267 g/mol. The summed E-state index contributed by atoms with van der Waals surface area (Å²) in [5.41, 5.74) is -0.467. The lowest BCUT2D eigenvalue weighted by Gasteiger charge is -2.36. The van der Waals surface area contributed by atoms with Crippen molar-refractivity contribution >= 4 is 5.91 Å². The summed E-state index contributed by atoms with van der Waals surface area (Å²) in [5.74, 6) is 1.46. The smallest absolute Gasteiger partial charge is 0.233 e. The number of carbonyl (C=O) groups is 1. The fourth-order valence-corrected chi connectivity index (χ4v) is 2.42. The zero-order valence-corrected chi connectivity index (χ0v) is 12.0. The summed E-state index contributed by atoms with van der Waals surface area (Å²) in [4.78, 5) is 17.4. The fraction of sp³-hybridized carbons (Fsp3) is 0.769. The SMILES string of the molecule is CCC(CC)(OC)c1noc(C2CN(C(C)=O)C2)n1. The monoisotopic (exact) mass is 267 g/mol. The summed E-state index contributed by atoms with van der Waals surface area (Å²) >= 11 is 0. The molecule has 1 aliphatic heterocycles. The lowest BCUT2D eigenvalue weighted by atomic mass is 9.96. The number of hydrogen-bond donors (Lipinski definition) is 0. The van der Waals surface area contributed by atoms with Crippen LogP contribution in [0, 0.1) is 0 Å². The second-order valence-electron chi connectivity index (χ2n) is 4.98. The highest BCUT2D eigenvalue weighted by molar-refractivity contribution is 5.74. The molecule has 0 aromatic carbocycles. The molecule has 6 heteroatoms. The third kappa shape index (κ3) is 2.36. The van der Waals surface area contributed by atoms with Crippen molar-refractivity contribution in [2.75, 3.05) is 20.2 Å². The standard InChI is InChI=1S/C13H21N3O3/c1-5-13(6-2,18-4)12-14-11(19-15-12)10-7-16(8-10)9(3)17/h10H,5-8H2,1-4H3. The number of rotatable bonds is 5. The van der Waals surface area contributed by atoms with Crippen LogP contribution in [0.4, 0.5) is 0 Å². The Kier molecular flexibility index (Phi) is 3.89. The van der Waals surface area contributed by atoms with E-state index in [1.54, 1.807) is 18.9 Å². The van der Waals surface area contributed by atoms with Gasteiger partial charge in [-0.2, -0.15) is 4.98 Å². The predicted molar refractivity (Wildman–Crippen MR) is 68.6 cm³/mol. The zero-order valence-electron chi connectivity index (χ0n) is 12.0. The van der Waals surface area contributed by atoms with Gasteiger partial charge >= 0.3 is 0 Å². The van der Waals surface area contributed by atoms with Crippen LogP contribution in [0.5, 0.6) is 0 Å². The molecule has 0 radical (unpaired) electrons. The van der Waals surface area contributed by atoms with E-state index in [0.29, 0.717) is 24.8 Å². The summed E-state index contributed by atoms with van der Waals surface area (Å²) in [7, 11) is 1.67. The minimum Gasteiger partial charge on any atom is -0.370 e. The molecular formula is C13H21N3O3. The minimum atomic E-state index is -0.467. The second-order valence-corrected chi connectivity index (χ2v) is 4.98. The highest BCUT2D eigenvalue weighted by Crippen LogP contribution is 2.32. The van der Waals surface area contributed by atoms with E-state index in [0.717, 1.165) is 12.8 Å². The molecule has 1 aromatic heterocycles. The Bertz CT molecular complexity index is 439. The van der Waals surface area contributed by atoms with E-state index < -0.39 is 5.60 Å². The van der Waals surface area contributed by atoms with Crippen molar-refractivity contribution in [3.8, 4) is 0 Å². The van der Waals surface area contributed by atoms with Gasteiger partial charge in [0.25, 0.3) is 0 Å². The first kappa shape index (κ1) is 14.0. The Morgan fingerprint density at radius 3 is 2.58 bits per heavy atom. The number of likely N-dealkylation sites (tertiary alicyclic amines) is 1. The molecule has 0 saturated carbocycles. The Balaban J connectivity index is 2.10. The molecule has 1 amide bonds. The number of aromatic nitrogens is 2. The van der Waals surface area contributed by atoms with Gasteiger partial charge in [0, 0.05) is 27.1 Å². The van der Waals surface area contributed by atoms with E-state index in [4.69, 9.17) is 9.26 Å². The van der Waals surface area contributed by atoms with Crippen molar-refractivity contribution < 1.29 is 14.1 Å². The van der Waals surface area contributed by atoms with Crippen LogP contribution in [-0.2, 0) is 15.1 Å². The van der Waals surface area contributed by atoms with Gasteiger partial charge in [0.1, 0.15) is 5.60 Å². The molecular weight excluding hydrogens is 246 g/mol. The first-order valence-corrected chi connectivity index (χ1v) is 6.71. The number of nitrogens with zero attached hydrogens (tertiary/aromatic N) is 3. The third-order valence-corrected chi connectivity index (χ3v) is 4.06. The molecule has 0 bridgehead atoms. The van der Waals surface area contributed by atoms with Gasteiger partial charge in [0.2, 0.25) is 17.6 Å². The van der Waals surface area contributed by atoms with E-state index in [2.05, 4.69) is 10.1 Å². The van der Waals surface area contributed by atoms with E-state index in [1.807, 2.05) is 13.8 Å². The van der Waals surface area contributed by atoms with Gasteiger partial charge in [-0.15, -0.1) is 0 Å². The molecule has 0 N–H and O–H groups in total. The van der Waals surface area contributed by atoms with E-state index >= 15 is 0 Å². The van der Waals surface area contributed by atoms with Crippen molar-refractivity contribution in [3.05, 3.63) is 11.7 Å². The first-order valence-electron chi connectivity index (χ1n) is 6.71. The van der Waals surface area contributed by atoms with Crippen LogP contribution in [0.2, 0.25) is 0 Å². The van der Waals surface area contributed by atoms with Crippen LogP contribution in [0.25, 0.3) is 0 Å². The van der Waals surface area contributed by atoms with Crippen molar-refractivity contribution in [1.29, 1.82) is 0 Å². The van der Waals surface area contributed by atoms with Crippen molar-refractivity contribution in [1.82, 2.24) is 15.0 Å². The van der Waals surface area contributed by atoms with Crippen LogP contribution in [-0.4, -0.2) is 41.1 Å². The normalized spacial score (nSPS) is 16.5. The van der Waals surface area contributed by atoms with Crippen LogP contribution in [0.15, 0.2) is 4.52 Å². The number of ether oxygens (including phenoxy) is 1. The van der Waals surface area contributed by atoms with Crippen LogP contribution in [0.3, 0.4) is 0 Å². The highest BCUT2D eigenvalue weighted by atomic mass is 16.5. The maximum absolute atomic E-state index is 11.1. The van der Waals surface area contributed by atoms with E-state index in [1.165, 1.54) is 0 Å². The van der Waals surface area contributed by atoms with Gasteiger partial charge in [0.15, 0.2) is 0 Å². The van der Waals surface area contributed by atoms with Crippen molar-refractivity contribution in [2.45, 2.75) is 45.1 Å². The highest BCUT2D eigenvalue weighted by Gasteiger charge is 2.38. The van der Waals surface area contributed by atoms with Gasteiger partial charge in [-0.25, -0.2) is 0 Å². The average Bonchev–Trinajstić information content (AvgIpc) is 2.80. The molecule has 2 heterocycles. The first-order chi connectivity index (χ1) is 9.06. The molecule has 106 valence electrons. The van der Waals surface area contributed by atoms with Crippen LogP contribution in [0.1, 0.15) is 51.2 Å². The molecule has 1 aliphatic rings. The quantitative estimate of drug-likeness (QED) is 0.811. The largest absolute Gasteiger partial charge is 0.370 e. The van der Waals surface area contributed by atoms with Crippen molar-refractivity contribution in [2.24, 2.45) is 0 Å². The van der Waals surface area contributed by atoms with E-state index in [9.17, 15) is 4.79 Å². The number of carbonyl (C=O) groups excluding carboxylic acids is 1. The maximum atomic E-state index is 11.1. The van der Waals surface area contributed by atoms with E-state index in [-0.39, 0.29) is 11.8 Å². The number of hydrogen-bond acceptors (Lipinski definition) is 5. The molecule has 1 saturated heterocycles. The molecule has 0 atom stereocenters. The lowest BCUT2D eigenvalue weighted by molar-refractivity contribution is -0.133. The summed E-state index contributed by atoms with van der Waals surface area (Å²) in [6.45, 7) is 6.98. The van der Waals surface area contributed by atoms with Gasteiger partial charge in [-0.05, 0) is 12.8 Å². The zero-order chi connectivity index (χ0) is 14.0. The van der Waals surface area contributed by atoms with Crippen LogP contribution >= 0.6 is 0 Å². The summed E-state index contributed by atoms with van der Waals surface area (Å²) in [6, 6.07) is 0. The molecule has 0 spiro atoms. The van der Waals surface area contributed by atoms with Gasteiger partial charge in [0.05, 0.1) is 5.92 Å². The lowest BCUT2D eigenvalue weighted by Crippen LogP contribution is -2.47. The Morgan fingerprint density at radius 2 is 2.11 bits per heavy atom. The summed E-state index contributed by atoms with van der Waals surface area (Å²) in [6.07, 6.45) is 1.59. The maximum Gasteiger partial charge on any atom is 0.233 e. The summed E-state index contributed by atoms with van der Waals surface area (Å²) < 4.78 is 10.9. The van der Waals surface area contributed by atoms with Crippen LogP contribution < -0.4 is 0 Å². The molecule has 0 aliphatic carbocycles. The molecule has 6 nitrogen and oxygen atoms in total. The Morgan fingerprint density at radius 1 is 1.47 bits per heavy atom. The fourth-order valence-electron chi connectivity index (χ4n) is 2.42. The Hall–Kier alpha value is -1.43. The predicted octanol–water partition coefficient (Wildman–Crippen LogP) is 1.68. The number of amides is 1.